The van der Waals surface area contributed by atoms with Crippen LogP contribution in [0.25, 0.3) is 11.3 Å². The van der Waals surface area contributed by atoms with Crippen molar-refractivity contribution >= 4 is 17.4 Å². The maximum atomic E-state index is 13.9. The van der Waals surface area contributed by atoms with E-state index in [4.69, 9.17) is 13.9 Å². The van der Waals surface area contributed by atoms with E-state index >= 15 is 0 Å². The van der Waals surface area contributed by atoms with Crippen molar-refractivity contribution in [3.8, 4) is 22.8 Å². The minimum Gasteiger partial charge on any atom is -0.461 e. The van der Waals surface area contributed by atoms with Crippen molar-refractivity contribution < 1.29 is 27.9 Å². The quantitative estimate of drug-likeness (QED) is 0.618. The average Bonchev–Trinajstić information content (AvgIpc) is 3.35. The fourth-order valence-corrected chi connectivity index (χ4v) is 3.10. The molecule has 0 fully saturated rings. The van der Waals surface area contributed by atoms with Gasteiger partial charge in [-0.15, -0.1) is 0 Å². The van der Waals surface area contributed by atoms with Gasteiger partial charge < -0.3 is 19.2 Å². The van der Waals surface area contributed by atoms with Gasteiger partial charge in [0, 0.05) is 24.5 Å². The number of hydrogen-bond donors (Lipinski definition) is 1. The van der Waals surface area contributed by atoms with Gasteiger partial charge in [-0.2, -0.15) is 0 Å². The zero-order chi connectivity index (χ0) is 20.4. The normalized spacial score (nSPS) is 12.1. The molecule has 4 rings (SSSR count). The Balaban J connectivity index is 1.43. The maximum absolute atomic E-state index is 13.9. The number of anilines is 1. The Kier molecular flexibility index (Phi) is 5.03. The smallest absolute Gasteiger partial charge is 0.231 e. The van der Waals surface area contributed by atoms with Crippen LogP contribution in [0.1, 0.15) is 29.5 Å². The summed E-state index contributed by atoms with van der Waals surface area (Å²) in [5, 5.41) is 2.74. The van der Waals surface area contributed by atoms with Crippen molar-refractivity contribution in [2.24, 2.45) is 0 Å². The Hall–Kier alpha value is -3.61. The van der Waals surface area contributed by atoms with Crippen molar-refractivity contribution in [2.45, 2.75) is 19.8 Å². The molecule has 2 heterocycles. The van der Waals surface area contributed by atoms with Crippen LogP contribution >= 0.6 is 0 Å². The van der Waals surface area contributed by atoms with E-state index in [9.17, 15) is 14.0 Å². The van der Waals surface area contributed by atoms with Crippen LogP contribution < -0.4 is 14.8 Å². The summed E-state index contributed by atoms with van der Waals surface area (Å²) in [6, 6.07) is 12.9. The summed E-state index contributed by atoms with van der Waals surface area (Å²) < 4.78 is 30.1. The second-order valence-corrected chi connectivity index (χ2v) is 6.60. The SMILES string of the molecule is CC(=O)c1cc2c(cc1NC(=O)CCc1ccc(-c3ccccc3F)o1)OCO2. The Morgan fingerprint density at radius 1 is 1.07 bits per heavy atom. The molecule has 0 radical (unpaired) electrons. The highest BCUT2D eigenvalue weighted by Crippen LogP contribution is 2.37. The van der Waals surface area contributed by atoms with Crippen LogP contribution in [-0.2, 0) is 11.2 Å². The van der Waals surface area contributed by atoms with E-state index < -0.39 is 0 Å². The third-order valence-electron chi connectivity index (χ3n) is 4.57. The Morgan fingerprint density at radius 3 is 2.59 bits per heavy atom. The molecule has 148 valence electrons. The molecule has 3 aromatic rings. The lowest BCUT2D eigenvalue weighted by Crippen LogP contribution is -2.14. The van der Waals surface area contributed by atoms with Crippen molar-refractivity contribution in [1.29, 1.82) is 0 Å². The first-order valence-electron chi connectivity index (χ1n) is 9.09. The lowest BCUT2D eigenvalue weighted by molar-refractivity contribution is -0.116. The summed E-state index contributed by atoms with van der Waals surface area (Å²) in [4.78, 5) is 24.3. The number of nitrogens with one attached hydrogen (secondary N) is 1. The van der Waals surface area contributed by atoms with E-state index in [1.54, 1.807) is 42.5 Å². The minimum atomic E-state index is -0.370. The largest absolute Gasteiger partial charge is 0.461 e. The minimum absolute atomic E-state index is 0.0763. The first kappa shape index (κ1) is 18.7. The van der Waals surface area contributed by atoms with Gasteiger partial charge in [-0.1, -0.05) is 12.1 Å². The van der Waals surface area contributed by atoms with E-state index in [0.29, 0.717) is 46.3 Å². The van der Waals surface area contributed by atoms with Gasteiger partial charge in [-0.3, -0.25) is 9.59 Å². The first-order chi connectivity index (χ1) is 14.0. The molecule has 1 aromatic heterocycles. The molecule has 1 aliphatic heterocycles. The van der Waals surface area contributed by atoms with Gasteiger partial charge in [0.15, 0.2) is 17.3 Å². The maximum Gasteiger partial charge on any atom is 0.231 e. The molecule has 0 atom stereocenters. The topological polar surface area (TPSA) is 77.8 Å². The van der Waals surface area contributed by atoms with Crippen LogP contribution in [0.15, 0.2) is 52.9 Å². The number of Topliss-reactive ketones (excluding diaryl/α,β-unsaturated/α-hetero) is 1. The fraction of sp³-hybridized carbons (Fsp3) is 0.182. The molecule has 0 aliphatic carbocycles. The van der Waals surface area contributed by atoms with Crippen LogP contribution in [0.2, 0.25) is 0 Å². The second-order valence-electron chi connectivity index (χ2n) is 6.60. The van der Waals surface area contributed by atoms with Crippen LogP contribution in [0.4, 0.5) is 10.1 Å². The van der Waals surface area contributed by atoms with Gasteiger partial charge in [0.2, 0.25) is 12.7 Å². The van der Waals surface area contributed by atoms with Crippen molar-refractivity contribution in [1.82, 2.24) is 0 Å². The molecule has 0 bridgehead atoms. The number of halogens is 1. The number of fused-ring (bicyclic) bond motifs is 1. The number of rotatable bonds is 6. The number of furan rings is 1. The van der Waals surface area contributed by atoms with Gasteiger partial charge in [0.25, 0.3) is 0 Å². The molecule has 0 unspecified atom stereocenters. The Labute approximate surface area is 166 Å². The molecule has 7 heteroatoms. The van der Waals surface area contributed by atoms with Gasteiger partial charge in [-0.25, -0.2) is 4.39 Å². The van der Waals surface area contributed by atoms with E-state index in [0.717, 1.165) is 0 Å². The number of carbonyl (C=O) groups is 2. The third-order valence-corrected chi connectivity index (χ3v) is 4.57. The van der Waals surface area contributed by atoms with Crippen molar-refractivity contribution in [2.75, 3.05) is 12.1 Å². The standard InChI is InChI=1S/C22H18FNO5/c1-13(25)16-10-20-21(28-12-27-20)11-18(16)24-22(26)9-7-14-6-8-19(29-14)15-4-2-3-5-17(15)23/h2-6,8,10-11H,7,9,12H2,1H3,(H,24,26). The summed E-state index contributed by atoms with van der Waals surface area (Å²) >= 11 is 0. The number of aryl methyl sites for hydroxylation is 1. The van der Waals surface area contributed by atoms with E-state index in [-0.39, 0.29) is 30.7 Å². The van der Waals surface area contributed by atoms with Crippen molar-refractivity contribution in [3.63, 3.8) is 0 Å². The molecule has 1 N–H and O–H groups in total. The molecule has 1 amide bonds. The van der Waals surface area contributed by atoms with Crippen LogP contribution in [-0.4, -0.2) is 18.5 Å². The lowest BCUT2D eigenvalue weighted by Gasteiger charge is -2.10. The van der Waals surface area contributed by atoms with E-state index in [1.165, 1.54) is 13.0 Å². The third kappa shape index (κ3) is 3.99. The highest BCUT2D eigenvalue weighted by Gasteiger charge is 2.20. The summed E-state index contributed by atoms with van der Waals surface area (Å²) in [5.41, 5.74) is 1.09. The number of ketones is 1. The number of amides is 1. The number of carbonyl (C=O) groups excluding carboxylic acids is 2. The monoisotopic (exact) mass is 395 g/mol. The molecule has 6 nitrogen and oxygen atoms in total. The Bertz CT molecular complexity index is 1090. The first-order valence-corrected chi connectivity index (χ1v) is 9.09. The summed E-state index contributed by atoms with van der Waals surface area (Å²) in [6.45, 7) is 1.49. The van der Waals surface area contributed by atoms with Gasteiger partial charge >= 0.3 is 0 Å². The molecule has 0 saturated heterocycles. The predicted octanol–water partition coefficient (Wildman–Crippen LogP) is 4.59. The molecule has 1 aliphatic rings. The molecular weight excluding hydrogens is 377 g/mol. The van der Waals surface area contributed by atoms with Gasteiger partial charge in [0.05, 0.1) is 11.3 Å². The van der Waals surface area contributed by atoms with E-state index in [2.05, 4.69) is 5.32 Å². The van der Waals surface area contributed by atoms with Gasteiger partial charge in [0.1, 0.15) is 17.3 Å². The lowest BCUT2D eigenvalue weighted by atomic mass is 10.1. The zero-order valence-corrected chi connectivity index (χ0v) is 15.7. The molecule has 2 aromatic carbocycles. The van der Waals surface area contributed by atoms with Gasteiger partial charge in [-0.05, 0) is 37.3 Å². The molecule has 0 spiro atoms. The van der Waals surface area contributed by atoms with Crippen LogP contribution in [0, 0.1) is 5.82 Å². The van der Waals surface area contributed by atoms with Crippen molar-refractivity contribution in [3.05, 3.63) is 65.7 Å². The van der Waals surface area contributed by atoms with Crippen LogP contribution in [0.3, 0.4) is 0 Å². The number of hydrogen-bond acceptors (Lipinski definition) is 5. The zero-order valence-electron chi connectivity index (χ0n) is 15.7. The van der Waals surface area contributed by atoms with Crippen LogP contribution in [0.5, 0.6) is 11.5 Å². The average molecular weight is 395 g/mol. The highest BCUT2D eigenvalue weighted by atomic mass is 19.1. The Morgan fingerprint density at radius 2 is 1.83 bits per heavy atom. The molecule has 29 heavy (non-hydrogen) atoms. The summed E-state index contributed by atoms with van der Waals surface area (Å²) in [6.07, 6.45) is 0.469. The summed E-state index contributed by atoms with van der Waals surface area (Å²) in [5.74, 6) is 1.08. The highest BCUT2D eigenvalue weighted by molar-refractivity contribution is 6.04. The predicted molar refractivity (Wildman–Crippen MR) is 104 cm³/mol. The molecule has 0 saturated carbocycles. The molecular formula is C22H18FNO5. The number of ether oxygens (including phenoxy) is 2. The van der Waals surface area contributed by atoms with E-state index in [1.807, 2.05) is 0 Å². The summed E-state index contributed by atoms with van der Waals surface area (Å²) in [7, 11) is 0. The number of benzene rings is 2. The fourth-order valence-electron chi connectivity index (χ4n) is 3.10. The second kappa shape index (κ2) is 7.79.